The van der Waals surface area contributed by atoms with Crippen molar-refractivity contribution in [2.75, 3.05) is 0 Å². The number of aromatic nitrogens is 1. The van der Waals surface area contributed by atoms with Crippen LogP contribution in [-0.2, 0) is 15.9 Å². The second-order valence-corrected chi connectivity index (χ2v) is 5.10. The second kappa shape index (κ2) is 5.66. The van der Waals surface area contributed by atoms with E-state index in [0.717, 1.165) is 0 Å². The number of ether oxygens (including phenoxy) is 1. The summed E-state index contributed by atoms with van der Waals surface area (Å²) in [6.45, 7) is 0. The molecule has 1 rings (SSSR count). The average Bonchev–Trinajstić information content (AvgIpc) is 2.24. The fourth-order valence-electron chi connectivity index (χ4n) is 1.35. The molecule has 0 aliphatic rings. The molecule has 2 N–H and O–H groups in total. The van der Waals surface area contributed by atoms with Crippen LogP contribution < -0.4 is 9.88 Å². The Labute approximate surface area is 114 Å². The predicted octanol–water partition coefficient (Wildman–Crippen LogP) is 2.30. The molecule has 0 saturated carbocycles. The van der Waals surface area contributed by atoms with Crippen molar-refractivity contribution in [1.29, 1.82) is 0 Å². The van der Waals surface area contributed by atoms with Crippen molar-refractivity contribution >= 4 is 21.6 Å². The van der Waals surface area contributed by atoms with Gasteiger partial charge in [0.15, 0.2) is 5.75 Å². The van der Waals surface area contributed by atoms with Crippen LogP contribution in [0.5, 0.6) is 5.75 Å². The largest absolute Gasteiger partial charge is 0.573 e. The topological polar surface area (TPSA) is 82.3 Å². The van der Waals surface area contributed by atoms with Gasteiger partial charge in [-0.15, -0.1) is 24.8 Å². The molecule has 5 nitrogen and oxygen atoms in total. The van der Waals surface area contributed by atoms with Gasteiger partial charge < -0.3 is 4.74 Å². The maximum absolute atomic E-state index is 12.9. The summed E-state index contributed by atoms with van der Waals surface area (Å²) >= 11 is 5.29. The van der Waals surface area contributed by atoms with Crippen LogP contribution in [0.3, 0.4) is 0 Å². The molecular weight excluding hydrogens is 335 g/mol. The molecule has 0 spiro atoms. The smallest absolute Gasteiger partial charge is 0.403 e. The highest BCUT2D eigenvalue weighted by molar-refractivity contribution is 7.89. The lowest BCUT2D eigenvalue weighted by molar-refractivity contribution is -0.275. The van der Waals surface area contributed by atoms with Gasteiger partial charge in [0.1, 0.15) is 4.90 Å². The molecular formula is C8H6ClF5N2O3S. The molecule has 0 atom stereocenters. The molecule has 1 heterocycles. The van der Waals surface area contributed by atoms with E-state index in [2.05, 4.69) is 14.9 Å². The van der Waals surface area contributed by atoms with Crippen molar-refractivity contribution in [3.05, 3.63) is 17.5 Å². The standard InChI is InChI=1S/C8H6ClF5N2O3S/c9-1-3-5(7(10)11)6(20(15,17)18)4(2-16-3)19-8(12,13)14/h2,7H,1H2,(H2,15,17,18). The minimum atomic E-state index is -5.30. The Morgan fingerprint density at radius 3 is 2.30 bits per heavy atom. The lowest BCUT2D eigenvalue weighted by Crippen LogP contribution is -2.23. The van der Waals surface area contributed by atoms with Crippen molar-refractivity contribution < 1.29 is 35.1 Å². The Kier molecular flexibility index (Phi) is 4.77. The molecule has 0 aliphatic carbocycles. The molecule has 0 bridgehead atoms. The van der Waals surface area contributed by atoms with Crippen LogP contribution in [0.1, 0.15) is 17.7 Å². The van der Waals surface area contributed by atoms with Crippen molar-refractivity contribution in [3.8, 4) is 5.75 Å². The Hall–Kier alpha value is -1.20. The van der Waals surface area contributed by atoms with Gasteiger partial charge in [-0.3, -0.25) is 4.98 Å². The summed E-state index contributed by atoms with van der Waals surface area (Å²) in [5.74, 6) is -2.08. The first-order valence-corrected chi connectivity index (χ1v) is 6.70. The van der Waals surface area contributed by atoms with E-state index in [0.29, 0.717) is 6.20 Å². The lowest BCUT2D eigenvalue weighted by Gasteiger charge is -2.16. The van der Waals surface area contributed by atoms with Crippen molar-refractivity contribution in [1.82, 2.24) is 4.98 Å². The number of hydrogen-bond donors (Lipinski definition) is 1. The number of pyridine rings is 1. The fourth-order valence-corrected chi connectivity index (χ4v) is 2.45. The number of halogens is 6. The van der Waals surface area contributed by atoms with Crippen LogP contribution in [0.15, 0.2) is 11.1 Å². The van der Waals surface area contributed by atoms with Gasteiger partial charge in [-0.1, -0.05) is 0 Å². The van der Waals surface area contributed by atoms with Crippen molar-refractivity contribution in [2.45, 2.75) is 23.6 Å². The Bertz CT molecular complexity index is 605. The minimum absolute atomic E-state index is 0.316. The maximum atomic E-state index is 12.9. The molecule has 20 heavy (non-hydrogen) atoms. The van der Waals surface area contributed by atoms with Gasteiger partial charge in [-0.2, -0.15) is 0 Å². The number of sulfonamides is 1. The summed E-state index contributed by atoms with van der Waals surface area (Å²) in [6.07, 6.45) is -8.44. The Balaban J connectivity index is 3.67. The highest BCUT2D eigenvalue weighted by Gasteiger charge is 2.37. The number of alkyl halides is 6. The predicted molar refractivity (Wildman–Crippen MR) is 56.8 cm³/mol. The van der Waals surface area contributed by atoms with Gasteiger partial charge in [-0.05, 0) is 0 Å². The van der Waals surface area contributed by atoms with Gasteiger partial charge in [0.25, 0.3) is 6.43 Å². The molecule has 0 aliphatic heterocycles. The maximum Gasteiger partial charge on any atom is 0.573 e. The fraction of sp³-hybridized carbons (Fsp3) is 0.375. The van der Waals surface area contributed by atoms with E-state index >= 15 is 0 Å². The van der Waals surface area contributed by atoms with Crippen LogP contribution in [0, 0.1) is 0 Å². The van der Waals surface area contributed by atoms with Gasteiger partial charge >= 0.3 is 6.36 Å². The molecule has 1 aromatic rings. The second-order valence-electron chi connectivity index (χ2n) is 3.34. The Morgan fingerprint density at radius 2 is 1.95 bits per heavy atom. The van der Waals surface area contributed by atoms with Gasteiger partial charge in [0.2, 0.25) is 10.0 Å². The van der Waals surface area contributed by atoms with Gasteiger partial charge in [0, 0.05) is 0 Å². The molecule has 0 aromatic carbocycles. The molecule has 114 valence electrons. The van der Waals surface area contributed by atoms with Gasteiger partial charge in [-0.25, -0.2) is 22.3 Å². The zero-order valence-electron chi connectivity index (χ0n) is 9.29. The third-order valence-corrected chi connectivity index (χ3v) is 3.22. The molecule has 0 amide bonds. The van der Waals surface area contributed by atoms with Crippen LogP contribution in [0.25, 0.3) is 0 Å². The number of nitrogens with two attached hydrogens (primary N) is 1. The molecule has 0 saturated heterocycles. The zero-order valence-corrected chi connectivity index (χ0v) is 10.9. The summed E-state index contributed by atoms with van der Waals surface area (Å²) in [5, 5.41) is 4.66. The summed E-state index contributed by atoms with van der Waals surface area (Å²) in [4.78, 5) is 1.73. The Morgan fingerprint density at radius 1 is 1.40 bits per heavy atom. The first-order valence-electron chi connectivity index (χ1n) is 4.61. The van der Waals surface area contributed by atoms with Crippen LogP contribution in [0.2, 0.25) is 0 Å². The highest BCUT2D eigenvalue weighted by atomic mass is 35.5. The third kappa shape index (κ3) is 3.90. The number of rotatable bonds is 4. The number of hydrogen-bond acceptors (Lipinski definition) is 4. The van der Waals surface area contributed by atoms with E-state index in [4.69, 9.17) is 11.6 Å². The molecule has 0 fully saturated rings. The minimum Gasteiger partial charge on any atom is -0.403 e. The van der Waals surface area contributed by atoms with Crippen LogP contribution in [0.4, 0.5) is 22.0 Å². The van der Waals surface area contributed by atoms with E-state index in [-0.39, 0.29) is 0 Å². The SMILES string of the molecule is NS(=O)(=O)c1c(OC(F)(F)F)cnc(CCl)c1C(F)F. The number of primary sulfonamides is 1. The van der Waals surface area contributed by atoms with E-state index < -0.39 is 50.6 Å². The summed E-state index contributed by atoms with van der Waals surface area (Å²) in [6, 6.07) is 0. The summed E-state index contributed by atoms with van der Waals surface area (Å²) in [5.41, 5.74) is -1.93. The molecule has 12 heteroatoms. The first-order chi connectivity index (χ1) is 8.97. The monoisotopic (exact) mass is 340 g/mol. The van der Waals surface area contributed by atoms with Crippen LogP contribution >= 0.6 is 11.6 Å². The lowest BCUT2D eigenvalue weighted by atomic mass is 10.2. The summed E-state index contributed by atoms with van der Waals surface area (Å²) < 4.78 is 88.0. The van der Waals surface area contributed by atoms with E-state index in [1.165, 1.54) is 0 Å². The highest BCUT2D eigenvalue weighted by Crippen LogP contribution is 2.37. The van der Waals surface area contributed by atoms with Crippen molar-refractivity contribution in [3.63, 3.8) is 0 Å². The normalized spacial score (nSPS) is 12.8. The molecule has 1 aromatic heterocycles. The average molecular weight is 341 g/mol. The zero-order chi connectivity index (χ0) is 15.7. The van der Waals surface area contributed by atoms with Crippen LogP contribution in [-0.4, -0.2) is 19.8 Å². The van der Waals surface area contributed by atoms with E-state index in [1.54, 1.807) is 0 Å². The van der Waals surface area contributed by atoms with E-state index in [9.17, 15) is 30.4 Å². The third-order valence-electron chi connectivity index (χ3n) is 1.97. The van der Waals surface area contributed by atoms with Gasteiger partial charge in [0.05, 0.1) is 23.3 Å². The van der Waals surface area contributed by atoms with E-state index in [1.807, 2.05) is 0 Å². The van der Waals surface area contributed by atoms with Crippen molar-refractivity contribution in [2.24, 2.45) is 5.14 Å². The summed E-state index contributed by atoms with van der Waals surface area (Å²) in [7, 11) is -4.92. The molecule has 0 radical (unpaired) electrons. The quantitative estimate of drug-likeness (QED) is 0.673. The molecule has 0 unspecified atom stereocenters. The number of nitrogens with zero attached hydrogens (tertiary/aromatic N) is 1. The first kappa shape index (κ1) is 16.9.